The number of ether oxygens (including phenoxy) is 2. The number of nitrogens with zero attached hydrogens (tertiary/aromatic N) is 1. The maximum Gasteiger partial charge on any atom is 0.234 e. The van der Waals surface area contributed by atoms with E-state index in [9.17, 15) is 4.79 Å². The fraction of sp³-hybridized carbons (Fsp3) is 0.923. The van der Waals surface area contributed by atoms with Crippen LogP contribution in [0.4, 0.5) is 0 Å². The Bertz CT molecular complexity index is 279. The van der Waals surface area contributed by atoms with E-state index in [-0.39, 0.29) is 18.1 Å². The second-order valence-electron chi connectivity index (χ2n) is 5.36. The van der Waals surface area contributed by atoms with E-state index in [0.717, 1.165) is 26.0 Å². The van der Waals surface area contributed by atoms with Gasteiger partial charge in [-0.1, -0.05) is 0 Å². The molecule has 5 nitrogen and oxygen atoms in total. The number of hydrogen-bond donors (Lipinski definition) is 1. The molecule has 2 rings (SSSR count). The number of rotatable bonds is 4. The molecule has 5 heteroatoms. The van der Waals surface area contributed by atoms with Crippen molar-refractivity contribution in [1.82, 2.24) is 10.2 Å². The molecule has 3 atom stereocenters. The molecule has 104 valence electrons. The molecule has 0 aliphatic carbocycles. The highest BCUT2D eigenvalue weighted by Gasteiger charge is 2.25. The monoisotopic (exact) mass is 256 g/mol. The summed E-state index contributed by atoms with van der Waals surface area (Å²) in [6, 6.07) is 0.315. The zero-order valence-corrected chi connectivity index (χ0v) is 11.4. The Morgan fingerprint density at radius 3 is 2.94 bits per heavy atom. The second-order valence-corrected chi connectivity index (χ2v) is 5.36. The van der Waals surface area contributed by atoms with Gasteiger partial charge in [0.1, 0.15) is 0 Å². The quantitative estimate of drug-likeness (QED) is 0.790. The van der Waals surface area contributed by atoms with E-state index in [1.54, 1.807) is 0 Å². The van der Waals surface area contributed by atoms with Crippen molar-refractivity contribution in [3.63, 3.8) is 0 Å². The van der Waals surface area contributed by atoms with Crippen LogP contribution in [0.5, 0.6) is 0 Å². The lowest BCUT2D eigenvalue weighted by Crippen LogP contribution is -2.51. The number of carbonyl (C=O) groups is 1. The lowest BCUT2D eigenvalue weighted by Gasteiger charge is -2.36. The van der Waals surface area contributed by atoms with Crippen LogP contribution in [0.2, 0.25) is 0 Å². The molecule has 2 saturated heterocycles. The highest BCUT2D eigenvalue weighted by molar-refractivity contribution is 5.78. The van der Waals surface area contributed by atoms with Crippen LogP contribution in [0.25, 0.3) is 0 Å². The predicted molar refractivity (Wildman–Crippen MR) is 68.4 cm³/mol. The molecule has 0 aromatic heterocycles. The van der Waals surface area contributed by atoms with Gasteiger partial charge in [0.15, 0.2) is 0 Å². The summed E-state index contributed by atoms with van der Waals surface area (Å²) in [4.78, 5) is 14.1. The van der Waals surface area contributed by atoms with Gasteiger partial charge in [0.25, 0.3) is 0 Å². The zero-order valence-electron chi connectivity index (χ0n) is 11.4. The highest BCUT2D eigenvalue weighted by Crippen LogP contribution is 2.12. The van der Waals surface area contributed by atoms with Crippen LogP contribution in [0.1, 0.15) is 26.7 Å². The first kappa shape index (κ1) is 13.8. The van der Waals surface area contributed by atoms with Crippen LogP contribution >= 0.6 is 0 Å². The molecule has 18 heavy (non-hydrogen) atoms. The molecule has 0 radical (unpaired) electrons. The Labute approximate surface area is 109 Å². The Balaban J connectivity index is 1.69. The number of hydrogen-bond acceptors (Lipinski definition) is 4. The van der Waals surface area contributed by atoms with Crippen molar-refractivity contribution in [2.75, 3.05) is 32.8 Å². The topological polar surface area (TPSA) is 50.8 Å². The van der Waals surface area contributed by atoms with E-state index in [1.165, 1.54) is 0 Å². The van der Waals surface area contributed by atoms with E-state index in [0.29, 0.717) is 25.7 Å². The molecule has 2 aliphatic heterocycles. The molecule has 2 aliphatic rings. The molecule has 0 saturated carbocycles. The van der Waals surface area contributed by atoms with Gasteiger partial charge >= 0.3 is 0 Å². The van der Waals surface area contributed by atoms with Crippen molar-refractivity contribution in [3.05, 3.63) is 0 Å². The van der Waals surface area contributed by atoms with Gasteiger partial charge in [0.2, 0.25) is 5.91 Å². The van der Waals surface area contributed by atoms with Gasteiger partial charge in [-0.2, -0.15) is 0 Å². The largest absolute Gasteiger partial charge is 0.376 e. The van der Waals surface area contributed by atoms with Crippen molar-refractivity contribution < 1.29 is 14.3 Å². The summed E-state index contributed by atoms with van der Waals surface area (Å²) in [6.45, 7) is 7.62. The van der Waals surface area contributed by atoms with E-state index >= 15 is 0 Å². The van der Waals surface area contributed by atoms with Crippen molar-refractivity contribution in [3.8, 4) is 0 Å². The van der Waals surface area contributed by atoms with Crippen molar-refractivity contribution in [2.24, 2.45) is 0 Å². The first-order valence-corrected chi connectivity index (χ1v) is 6.89. The second kappa shape index (κ2) is 6.50. The van der Waals surface area contributed by atoms with Crippen LogP contribution in [-0.4, -0.2) is 61.9 Å². The Morgan fingerprint density at radius 2 is 2.22 bits per heavy atom. The average Bonchev–Trinajstić information content (AvgIpc) is 2.84. The zero-order chi connectivity index (χ0) is 13.0. The average molecular weight is 256 g/mol. The minimum absolute atomic E-state index is 0.0893. The summed E-state index contributed by atoms with van der Waals surface area (Å²) in [5.41, 5.74) is 0. The van der Waals surface area contributed by atoms with E-state index in [4.69, 9.17) is 9.47 Å². The van der Waals surface area contributed by atoms with Crippen LogP contribution < -0.4 is 5.32 Å². The van der Waals surface area contributed by atoms with Crippen LogP contribution in [0, 0.1) is 0 Å². The molecule has 1 amide bonds. The van der Waals surface area contributed by atoms with Crippen LogP contribution in [0.15, 0.2) is 0 Å². The fourth-order valence-corrected chi connectivity index (χ4v) is 2.47. The van der Waals surface area contributed by atoms with Gasteiger partial charge in [-0.15, -0.1) is 0 Å². The third kappa shape index (κ3) is 3.93. The van der Waals surface area contributed by atoms with Crippen LogP contribution in [0.3, 0.4) is 0 Å². The summed E-state index contributed by atoms with van der Waals surface area (Å²) in [6.07, 6.45) is 2.60. The van der Waals surface area contributed by atoms with Gasteiger partial charge in [-0.25, -0.2) is 0 Å². The third-order valence-corrected chi connectivity index (χ3v) is 3.63. The first-order valence-electron chi connectivity index (χ1n) is 6.89. The summed E-state index contributed by atoms with van der Waals surface area (Å²) >= 11 is 0. The number of nitrogens with one attached hydrogen (secondary N) is 1. The van der Waals surface area contributed by atoms with Gasteiger partial charge in [0.05, 0.1) is 25.4 Å². The summed E-state index contributed by atoms with van der Waals surface area (Å²) in [7, 11) is 0. The molecule has 0 bridgehead atoms. The molecule has 2 heterocycles. The van der Waals surface area contributed by atoms with E-state index in [2.05, 4.69) is 17.1 Å². The normalized spacial score (nSPS) is 33.6. The molecule has 0 aromatic rings. The number of morpholine rings is 1. The van der Waals surface area contributed by atoms with E-state index in [1.807, 2.05) is 6.92 Å². The van der Waals surface area contributed by atoms with Crippen molar-refractivity contribution in [2.45, 2.75) is 44.9 Å². The Kier molecular flexibility index (Phi) is 4.97. The molecule has 0 aromatic carbocycles. The van der Waals surface area contributed by atoms with Crippen molar-refractivity contribution >= 4 is 5.91 Å². The number of amides is 1. The molecule has 0 spiro atoms. The predicted octanol–water partition coefficient (Wildman–Crippen LogP) is 0.391. The van der Waals surface area contributed by atoms with Gasteiger partial charge < -0.3 is 14.8 Å². The van der Waals surface area contributed by atoms with Crippen LogP contribution in [-0.2, 0) is 14.3 Å². The molecular weight excluding hydrogens is 232 g/mol. The molecular formula is C13H24N2O3. The van der Waals surface area contributed by atoms with Crippen molar-refractivity contribution in [1.29, 1.82) is 0 Å². The van der Waals surface area contributed by atoms with Gasteiger partial charge in [-0.3, -0.25) is 9.69 Å². The third-order valence-electron chi connectivity index (χ3n) is 3.63. The fourth-order valence-electron chi connectivity index (χ4n) is 2.47. The maximum atomic E-state index is 11.9. The molecule has 1 N–H and O–H groups in total. The minimum atomic E-state index is 0.0893. The summed E-state index contributed by atoms with van der Waals surface area (Å²) < 4.78 is 11.0. The lowest BCUT2D eigenvalue weighted by atomic mass is 10.2. The minimum Gasteiger partial charge on any atom is -0.376 e. The first-order chi connectivity index (χ1) is 8.65. The summed E-state index contributed by atoms with van der Waals surface area (Å²) in [5, 5.41) is 2.96. The Morgan fingerprint density at radius 1 is 1.39 bits per heavy atom. The van der Waals surface area contributed by atoms with E-state index < -0.39 is 0 Å². The maximum absolute atomic E-state index is 11.9. The smallest absolute Gasteiger partial charge is 0.234 e. The molecule has 2 fully saturated rings. The summed E-state index contributed by atoms with van der Waals surface area (Å²) in [5.74, 6) is 0.0893. The molecule has 3 unspecified atom stereocenters. The standard InChI is InChI=1S/C13H24N2O3/c1-10-9-18-11(2)7-15(10)8-13(16)14-6-12-4-3-5-17-12/h10-12H,3-9H2,1-2H3,(H,14,16). The number of carbonyl (C=O) groups excluding carboxylic acids is 1. The SMILES string of the molecule is CC1CN(CC(=O)NCC2CCCO2)C(C)CO1. The highest BCUT2D eigenvalue weighted by atomic mass is 16.5. The lowest BCUT2D eigenvalue weighted by molar-refractivity contribution is -0.126. The van der Waals surface area contributed by atoms with Gasteiger partial charge in [0, 0.05) is 25.7 Å². The Hall–Kier alpha value is -0.650. The van der Waals surface area contributed by atoms with Gasteiger partial charge in [-0.05, 0) is 26.7 Å².